The quantitative estimate of drug-likeness (QED) is 0.757. The summed E-state index contributed by atoms with van der Waals surface area (Å²) in [5.41, 5.74) is 2.41. The Labute approximate surface area is 165 Å². The van der Waals surface area contributed by atoms with Crippen molar-refractivity contribution in [2.75, 3.05) is 6.54 Å². The summed E-state index contributed by atoms with van der Waals surface area (Å²) in [6.45, 7) is 0.505. The molecule has 2 aliphatic carbocycles. The maximum Gasteiger partial charge on any atom is 0.224 e. The SMILES string of the molecule is O=C([O-])C1C2C=CC(C2)C1C(=O)NCCC(c1ccccc1)c1ccccc1. The third kappa shape index (κ3) is 3.59. The van der Waals surface area contributed by atoms with Crippen molar-refractivity contribution in [3.63, 3.8) is 0 Å². The van der Waals surface area contributed by atoms with Crippen LogP contribution in [0.3, 0.4) is 0 Å². The Morgan fingerprint density at radius 2 is 1.43 bits per heavy atom. The van der Waals surface area contributed by atoms with Crippen molar-refractivity contribution in [3.8, 4) is 0 Å². The van der Waals surface area contributed by atoms with Crippen LogP contribution in [0.4, 0.5) is 0 Å². The fraction of sp³-hybridized carbons (Fsp3) is 0.333. The van der Waals surface area contributed by atoms with Crippen molar-refractivity contribution in [1.29, 1.82) is 0 Å². The van der Waals surface area contributed by atoms with E-state index in [0.29, 0.717) is 6.54 Å². The zero-order valence-corrected chi connectivity index (χ0v) is 15.7. The number of amides is 1. The molecule has 2 aliphatic rings. The van der Waals surface area contributed by atoms with Gasteiger partial charge in [-0.2, -0.15) is 0 Å². The molecule has 4 nitrogen and oxygen atoms in total. The van der Waals surface area contributed by atoms with Gasteiger partial charge in [0.25, 0.3) is 0 Å². The van der Waals surface area contributed by atoms with Crippen molar-refractivity contribution in [3.05, 3.63) is 83.9 Å². The molecule has 1 N–H and O–H groups in total. The Morgan fingerprint density at radius 1 is 0.893 bits per heavy atom. The molecular weight excluding hydrogens is 350 g/mol. The lowest BCUT2D eigenvalue weighted by Crippen LogP contribution is -2.45. The van der Waals surface area contributed by atoms with E-state index in [1.54, 1.807) is 0 Å². The van der Waals surface area contributed by atoms with Gasteiger partial charge in [-0.05, 0) is 35.8 Å². The molecule has 0 aliphatic heterocycles. The number of hydrogen-bond acceptors (Lipinski definition) is 3. The number of carbonyl (C=O) groups is 2. The second kappa shape index (κ2) is 8.01. The van der Waals surface area contributed by atoms with E-state index in [1.807, 2.05) is 48.6 Å². The van der Waals surface area contributed by atoms with Gasteiger partial charge < -0.3 is 15.2 Å². The van der Waals surface area contributed by atoms with Gasteiger partial charge in [-0.25, -0.2) is 0 Å². The molecule has 4 rings (SSSR count). The molecule has 0 spiro atoms. The van der Waals surface area contributed by atoms with Crippen LogP contribution in [0.5, 0.6) is 0 Å². The van der Waals surface area contributed by atoms with Crippen LogP contribution in [0.2, 0.25) is 0 Å². The Kier molecular flexibility index (Phi) is 5.29. The van der Waals surface area contributed by atoms with Crippen LogP contribution in [-0.2, 0) is 9.59 Å². The van der Waals surface area contributed by atoms with E-state index in [9.17, 15) is 14.7 Å². The van der Waals surface area contributed by atoms with Gasteiger partial charge in [-0.3, -0.25) is 4.79 Å². The fourth-order valence-electron chi connectivity index (χ4n) is 4.86. The van der Waals surface area contributed by atoms with Crippen LogP contribution < -0.4 is 10.4 Å². The molecule has 1 saturated carbocycles. The molecule has 2 bridgehead atoms. The smallest absolute Gasteiger partial charge is 0.224 e. The van der Waals surface area contributed by atoms with Crippen LogP contribution in [0.1, 0.15) is 29.9 Å². The van der Waals surface area contributed by atoms with Crippen LogP contribution in [0, 0.1) is 23.7 Å². The fourth-order valence-corrected chi connectivity index (χ4v) is 4.86. The van der Waals surface area contributed by atoms with E-state index < -0.39 is 17.8 Å². The van der Waals surface area contributed by atoms with E-state index in [4.69, 9.17) is 0 Å². The molecule has 1 amide bonds. The normalized spacial score (nSPS) is 25.2. The third-order valence-corrected chi connectivity index (χ3v) is 6.17. The van der Waals surface area contributed by atoms with Gasteiger partial charge in [-0.15, -0.1) is 0 Å². The lowest BCUT2D eigenvalue weighted by molar-refractivity contribution is -0.313. The summed E-state index contributed by atoms with van der Waals surface area (Å²) in [7, 11) is 0. The molecule has 0 heterocycles. The zero-order chi connectivity index (χ0) is 19.5. The van der Waals surface area contributed by atoms with Crippen molar-refractivity contribution in [1.82, 2.24) is 5.32 Å². The first-order valence-electron chi connectivity index (χ1n) is 9.92. The first-order valence-corrected chi connectivity index (χ1v) is 9.92. The number of carboxylic acids is 1. The topological polar surface area (TPSA) is 69.2 Å². The van der Waals surface area contributed by atoms with E-state index in [1.165, 1.54) is 11.1 Å². The van der Waals surface area contributed by atoms with Gasteiger partial charge in [0.2, 0.25) is 5.91 Å². The highest BCUT2D eigenvalue weighted by molar-refractivity contribution is 5.86. The maximum absolute atomic E-state index is 12.8. The van der Waals surface area contributed by atoms with Crippen molar-refractivity contribution < 1.29 is 14.7 Å². The summed E-state index contributed by atoms with van der Waals surface area (Å²) in [6.07, 6.45) is 5.42. The van der Waals surface area contributed by atoms with Crippen molar-refractivity contribution in [2.24, 2.45) is 23.7 Å². The highest BCUT2D eigenvalue weighted by Crippen LogP contribution is 2.47. The average molecular weight is 374 g/mol. The predicted octanol–water partition coefficient (Wildman–Crippen LogP) is 2.51. The monoisotopic (exact) mass is 374 g/mol. The Balaban J connectivity index is 1.43. The largest absolute Gasteiger partial charge is 0.550 e. The minimum Gasteiger partial charge on any atom is -0.550 e. The minimum atomic E-state index is -1.11. The second-order valence-electron chi connectivity index (χ2n) is 7.77. The standard InChI is InChI=1S/C24H25NO3/c26-23(21-18-11-12-19(15-18)22(21)24(27)28)25-14-13-20(16-7-3-1-4-8-16)17-9-5-2-6-10-17/h1-12,18-22H,13-15H2,(H,25,26)(H,27,28)/p-1. The molecule has 0 radical (unpaired) electrons. The summed E-state index contributed by atoms with van der Waals surface area (Å²) in [4.78, 5) is 24.3. The summed E-state index contributed by atoms with van der Waals surface area (Å²) < 4.78 is 0. The van der Waals surface area contributed by atoms with E-state index in [0.717, 1.165) is 12.8 Å². The predicted molar refractivity (Wildman–Crippen MR) is 105 cm³/mol. The average Bonchev–Trinajstić information content (AvgIpc) is 3.34. The van der Waals surface area contributed by atoms with Crippen LogP contribution in [0.25, 0.3) is 0 Å². The highest BCUT2D eigenvalue weighted by atomic mass is 16.4. The van der Waals surface area contributed by atoms with Crippen molar-refractivity contribution >= 4 is 11.9 Å². The lowest BCUT2D eigenvalue weighted by Gasteiger charge is -2.28. The molecule has 4 unspecified atom stereocenters. The number of benzene rings is 2. The molecule has 0 aromatic heterocycles. The third-order valence-electron chi connectivity index (χ3n) is 6.17. The molecule has 2 aromatic rings. The number of fused-ring (bicyclic) bond motifs is 2. The van der Waals surface area contributed by atoms with Gasteiger partial charge >= 0.3 is 0 Å². The lowest BCUT2D eigenvalue weighted by atomic mass is 9.82. The first-order chi connectivity index (χ1) is 13.6. The summed E-state index contributed by atoms with van der Waals surface area (Å²) in [5.74, 6) is -2.34. The molecular formula is C24H24NO3-. The summed E-state index contributed by atoms with van der Waals surface area (Å²) in [5, 5.41) is 14.5. The first kappa shape index (κ1) is 18.5. The van der Waals surface area contributed by atoms with Gasteiger partial charge in [0.1, 0.15) is 0 Å². The molecule has 4 heteroatoms. The van der Waals surface area contributed by atoms with Crippen LogP contribution >= 0.6 is 0 Å². The van der Waals surface area contributed by atoms with E-state index in [2.05, 4.69) is 29.6 Å². The molecule has 144 valence electrons. The van der Waals surface area contributed by atoms with Gasteiger partial charge in [0.05, 0.1) is 5.92 Å². The van der Waals surface area contributed by atoms with Gasteiger partial charge in [0, 0.05) is 24.3 Å². The minimum absolute atomic E-state index is 0.0203. The Morgan fingerprint density at radius 3 is 1.96 bits per heavy atom. The van der Waals surface area contributed by atoms with Gasteiger partial charge in [0.15, 0.2) is 0 Å². The number of rotatable bonds is 7. The molecule has 2 aromatic carbocycles. The van der Waals surface area contributed by atoms with Crippen LogP contribution in [-0.4, -0.2) is 18.4 Å². The second-order valence-corrected chi connectivity index (χ2v) is 7.77. The number of aliphatic carboxylic acids is 1. The van der Waals surface area contributed by atoms with E-state index >= 15 is 0 Å². The van der Waals surface area contributed by atoms with Crippen molar-refractivity contribution in [2.45, 2.75) is 18.8 Å². The van der Waals surface area contributed by atoms with E-state index in [-0.39, 0.29) is 23.7 Å². The number of nitrogens with one attached hydrogen (secondary N) is 1. The Hall–Kier alpha value is -2.88. The zero-order valence-electron chi connectivity index (χ0n) is 15.7. The molecule has 28 heavy (non-hydrogen) atoms. The molecule has 1 fully saturated rings. The number of carboxylic acid groups (broad SMARTS) is 1. The van der Waals surface area contributed by atoms with Crippen LogP contribution in [0.15, 0.2) is 72.8 Å². The number of allylic oxidation sites excluding steroid dienone is 2. The number of carbonyl (C=O) groups excluding carboxylic acids is 2. The Bertz CT molecular complexity index is 822. The summed E-state index contributed by atoms with van der Waals surface area (Å²) in [6, 6.07) is 20.5. The molecule has 0 saturated heterocycles. The summed E-state index contributed by atoms with van der Waals surface area (Å²) >= 11 is 0. The number of hydrogen-bond donors (Lipinski definition) is 1. The van der Waals surface area contributed by atoms with Gasteiger partial charge in [-0.1, -0.05) is 72.8 Å². The molecule has 4 atom stereocenters. The maximum atomic E-state index is 12.8. The highest BCUT2D eigenvalue weighted by Gasteiger charge is 2.48.